The van der Waals surface area contributed by atoms with Gasteiger partial charge in [-0.3, -0.25) is 4.79 Å². The van der Waals surface area contributed by atoms with Gasteiger partial charge in [-0.25, -0.2) is 0 Å². The van der Waals surface area contributed by atoms with Gasteiger partial charge in [0.05, 0.1) is 11.1 Å². The Balaban J connectivity index is 1.80. The number of carbonyl (C=O) groups excluding carboxylic acids is 1. The lowest BCUT2D eigenvalue weighted by molar-refractivity contribution is -0.127. The normalized spacial score (nSPS) is 12.9. The number of aryl methyl sites for hydroxylation is 1. The van der Waals surface area contributed by atoms with Gasteiger partial charge in [0, 0.05) is 0 Å². The summed E-state index contributed by atoms with van der Waals surface area (Å²) in [7, 11) is 0. The number of halogens is 1. The smallest absolute Gasteiger partial charge is 0.261 e. The van der Waals surface area contributed by atoms with Gasteiger partial charge in [0.2, 0.25) is 0 Å². The molecule has 1 N–H and O–H groups in total. The highest BCUT2D eigenvalue weighted by atomic mass is 35.5. The molecule has 2 atom stereocenters. The third-order valence-electron chi connectivity index (χ3n) is 4.34. The van der Waals surface area contributed by atoms with E-state index in [0.29, 0.717) is 10.8 Å². The van der Waals surface area contributed by atoms with Crippen molar-refractivity contribution in [2.24, 2.45) is 0 Å². The van der Waals surface area contributed by atoms with Crippen molar-refractivity contribution in [1.29, 1.82) is 0 Å². The third-order valence-corrected chi connectivity index (χ3v) is 4.65. The van der Waals surface area contributed by atoms with Crippen LogP contribution in [-0.2, 0) is 4.79 Å². The highest BCUT2D eigenvalue weighted by Crippen LogP contribution is 2.25. The quantitative estimate of drug-likeness (QED) is 0.629. The Hall–Kier alpha value is -2.78. The second-order valence-corrected chi connectivity index (χ2v) is 6.86. The molecule has 1 amide bonds. The summed E-state index contributed by atoms with van der Waals surface area (Å²) in [4.78, 5) is 12.8. The molecule has 0 unspecified atom stereocenters. The fraction of sp³-hybridized carbons (Fsp3) is 0.174. The highest BCUT2D eigenvalue weighted by Gasteiger charge is 2.22. The standard InChI is InChI=1S/C23H22ClNO2/c1-16-12-14-19(15-13-16)22(18-8-4-3-5-9-18)25-23(26)17(2)27-21-11-7-6-10-20(21)24/h3-15,17,22H,1-2H3,(H,25,26)/t17-,22-/m1/s1. The molecule has 0 radical (unpaired) electrons. The van der Waals surface area contributed by atoms with Crippen LogP contribution >= 0.6 is 11.6 Å². The van der Waals surface area contributed by atoms with Crippen LogP contribution in [0.3, 0.4) is 0 Å². The lowest BCUT2D eigenvalue weighted by Gasteiger charge is -2.23. The van der Waals surface area contributed by atoms with E-state index in [0.717, 1.165) is 11.1 Å². The van der Waals surface area contributed by atoms with Crippen LogP contribution < -0.4 is 10.1 Å². The van der Waals surface area contributed by atoms with Gasteiger partial charge >= 0.3 is 0 Å². The number of hydrogen-bond acceptors (Lipinski definition) is 2. The number of hydrogen-bond donors (Lipinski definition) is 1. The van der Waals surface area contributed by atoms with Gasteiger partial charge in [-0.2, -0.15) is 0 Å². The van der Waals surface area contributed by atoms with Crippen molar-refractivity contribution >= 4 is 17.5 Å². The molecule has 3 aromatic rings. The minimum absolute atomic E-state index is 0.204. The van der Waals surface area contributed by atoms with E-state index in [1.807, 2.05) is 73.7 Å². The number of amides is 1. The maximum absolute atomic E-state index is 12.8. The van der Waals surface area contributed by atoms with Crippen LogP contribution in [0.15, 0.2) is 78.9 Å². The van der Waals surface area contributed by atoms with Crippen LogP contribution in [0, 0.1) is 6.92 Å². The number of para-hydroxylation sites is 1. The third kappa shape index (κ3) is 4.89. The van der Waals surface area contributed by atoms with Gasteiger partial charge in [0.1, 0.15) is 5.75 Å². The predicted octanol–water partition coefficient (Wildman–Crippen LogP) is 5.32. The van der Waals surface area contributed by atoms with Gasteiger partial charge in [0.25, 0.3) is 5.91 Å². The van der Waals surface area contributed by atoms with E-state index in [1.165, 1.54) is 5.56 Å². The first-order valence-electron chi connectivity index (χ1n) is 8.87. The van der Waals surface area contributed by atoms with Crippen LogP contribution in [0.5, 0.6) is 5.75 Å². The number of benzene rings is 3. The predicted molar refractivity (Wildman–Crippen MR) is 109 cm³/mol. The molecule has 0 aromatic heterocycles. The van der Waals surface area contributed by atoms with Crippen LogP contribution in [0.4, 0.5) is 0 Å². The Morgan fingerprint density at radius 2 is 1.48 bits per heavy atom. The van der Waals surface area contributed by atoms with E-state index in [1.54, 1.807) is 19.1 Å². The largest absolute Gasteiger partial charge is 0.479 e. The van der Waals surface area contributed by atoms with Crippen LogP contribution in [0.2, 0.25) is 5.02 Å². The fourth-order valence-electron chi connectivity index (χ4n) is 2.81. The summed E-state index contributed by atoms with van der Waals surface area (Å²) in [5, 5.41) is 3.58. The van der Waals surface area contributed by atoms with Gasteiger partial charge in [-0.1, -0.05) is 83.9 Å². The second kappa shape index (κ2) is 8.74. The molecular formula is C23H22ClNO2. The van der Waals surface area contributed by atoms with Gasteiger partial charge in [-0.15, -0.1) is 0 Å². The molecule has 0 aliphatic carbocycles. The van der Waals surface area contributed by atoms with Crippen molar-refractivity contribution in [3.05, 3.63) is 101 Å². The number of carbonyl (C=O) groups is 1. The average Bonchev–Trinajstić information content (AvgIpc) is 2.69. The lowest BCUT2D eigenvalue weighted by Crippen LogP contribution is -2.39. The molecule has 27 heavy (non-hydrogen) atoms. The minimum atomic E-state index is -0.679. The fourth-order valence-corrected chi connectivity index (χ4v) is 2.99. The summed E-state index contributed by atoms with van der Waals surface area (Å²) >= 11 is 6.13. The molecule has 3 nitrogen and oxygen atoms in total. The van der Waals surface area contributed by atoms with E-state index >= 15 is 0 Å². The highest BCUT2D eigenvalue weighted by molar-refractivity contribution is 6.32. The molecule has 0 heterocycles. The van der Waals surface area contributed by atoms with Crippen LogP contribution in [-0.4, -0.2) is 12.0 Å². The van der Waals surface area contributed by atoms with Crippen molar-refractivity contribution in [2.75, 3.05) is 0 Å². The Labute approximate surface area is 164 Å². The Bertz CT molecular complexity index is 894. The number of ether oxygens (including phenoxy) is 1. The molecule has 0 bridgehead atoms. The van der Waals surface area contributed by atoms with E-state index in [4.69, 9.17) is 16.3 Å². The molecule has 3 aromatic carbocycles. The zero-order chi connectivity index (χ0) is 19.2. The van der Waals surface area contributed by atoms with Crippen molar-refractivity contribution < 1.29 is 9.53 Å². The topological polar surface area (TPSA) is 38.3 Å². The summed E-state index contributed by atoms with van der Waals surface area (Å²) in [6, 6.07) is 24.9. The molecule has 0 spiro atoms. The SMILES string of the molecule is Cc1ccc([C@H](NC(=O)[C@@H](C)Oc2ccccc2Cl)c2ccccc2)cc1. The summed E-state index contributed by atoms with van der Waals surface area (Å²) in [5.74, 6) is 0.290. The second-order valence-electron chi connectivity index (χ2n) is 6.45. The minimum Gasteiger partial charge on any atom is -0.479 e. The molecule has 0 saturated heterocycles. The van der Waals surface area contributed by atoms with E-state index < -0.39 is 6.10 Å². The molecule has 3 rings (SSSR count). The van der Waals surface area contributed by atoms with Crippen LogP contribution in [0.25, 0.3) is 0 Å². The van der Waals surface area contributed by atoms with Crippen molar-refractivity contribution in [1.82, 2.24) is 5.32 Å². The van der Waals surface area contributed by atoms with Gasteiger partial charge in [0.15, 0.2) is 6.10 Å². The first-order valence-corrected chi connectivity index (χ1v) is 9.25. The zero-order valence-corrected chi connectivity index (χ0v) is 16.1. The van der Waals surface area contributed by atoms with E-state index in [-0.39, 0.29) is 11.9 Å². The maximum Gasteiger partial charge on any atom is 0.261 e. The monoisotopic (exact) mass is 379 g/mol. The van der Waals surface area contributed by atoms with E-state index in [2.05, 4.69) is 5.32 Å². The van der Waals surface area contributed by atoms with Crippen molar-refractivity contribution in [2.45, 2.75) is 26.0 Å². The first-order chi connectivity index (χ1) is 13.0. The summed E-state index contributed by atoms with van der Waals surface area (Å²) < 4.78 is 5.75. The van der Waals surface area contributed by atoms with Gasteiger partial charge < -0.3 is 10.1 Å². The maximum atomic E-state index is 12.8. The Morgan fingerprint density at radius 1 is 0.889 bits per heavy atom. The first kappa shape index (κ1) is 19.0. The summed E-state index contributed by atoms with van der Waals surface area (Å²) in [6.45, 7) is 3.76. The molecule has 0 aliphatic rings. The van der Waals surface area contributed by atoms with Gasteiger partial charge in [-0.05, 0) is 37.1 Å². The molecule has 4 heteroatoms. The lowest BCUT2D eigenvalue weighted by atomic mass is 9.97. The Kier molecular flexibility index (Phi) is 6.15. The summed E-state index contributed by atoms with van der Waals surface area (Å²) in [5.41, 5.74) is 3.21. The zero-order valence-electron chi connectivity index (χ0n) is 15.4. The molecule has 0 aliphatic heterocycles. The summed E-state index contributed by atoms with van der Waals surface area (Å²) in [6.07, 6.45) is -0.679. The molecule has 0 saturated carbocycles. The van der Waals surface area contributed by atoms with Crippen molar-refractivity contribution in [3.8, 4) is 5.75 Å². The van der Waals surface area contributed by atoms with E-state index in [9.17, 15) is 4.79 Å². The molecular weight excluding hydrogens is 358 g/mol. The number of rotatable bonds is 6. The van der Waals surface area contributed by atoms with Crippen molar-refractivity contribution in [3.63, 3.8) is 0 Å². The van der Waals surface area contributed by atoms with Crippen LogP contribution in [0.1, 0.15) is 29.7 Å². The molecule has 138 valence electrons. The Morgan fingerprint density at radius 3 is 2.15 bits per heavy atom. The average molecular weight is 380 g/mol. The molecule has 0 fully saturated rings. The number of nitrogens with one attached hydrogen (secondary N) is 1.